The number of nitrogens with zero attached hydrogens (tertiary/aromatic N) is 2. The second-order valence-corrected chi connectivity index (χ2v) is 6.14. The number of aromatic hydroxyl groups is 1. The monoisotopic (exact) mass is 370 g/mol. The van der Waals surface area contributed by atoms with E-state index in [0.29, 0.717) is 23.7 Å². The summed E-state index contributed by atoms with van der Waals surface area (Å²) >= 11 is 0. The molecular weight excluding hydrogens is 348 g/mol. The zero-order chi connectivity index (χ0) is 19.6. The third-order valence-corrected chi connectivity index (χ3v) is 4.49. The van der Waals surface area contributed by atoms with Gasteiger partial charge < -0.3 is 19.3 Å². The number of carbonyl (C=O) groups excluding carboxylic acids is 1. The Morgan fingerprint density at radius 2 is 1.78 bits per heavy atom. The normalized spacial score (nSPS) is 16.1. The Morgan fingerprint density at radius 3 is 2.30 bits per heavy atom. The van der Waals surface area contributed by atoms with E-state index in [1.807, 2.05) is 18.2 Å². The number of amides is 1. The summed E-state index contributed by atoms with van der Waals surface area (Å²) < 4.78 is 16.2. The summed E-state index contributed by atoms with van der Waals surface area (Å²) in [6, 6.07) is 10.2. The van der Waals surface area contributed by atoms with E-state index in [-0.39, 0.29) is 17.7 Å². The Balaban J connectivity index is 2.02. The van der Waals surface area contributed by atoms with E-state index in [9.17, 15) is 9.90 Å². The molecule has 0 saturated carbocycles. The molecule has 142 valence electrons. The zero-order valence-corrected chi connectivity index (χ0v) is 15.7. The number of hydrogen-bond acceptors (Lipinski definition) is 6. The topological polar surface area (TPSA) is 80.6 Å². The van der Waals surface area contributed by atoms with Crippen molar-refractivity contribution in [3.63, 3.8) is 0 Å². The van der Waals surface area contributed by atoms with Gasteiger partial charge in [-0.1, -0.05) is 12.1 Å². The van der Waals surface area contributed by atoms with Gasteiger partial charge in [0.1, 0.15) is 5.75 Å². The molecule has 7 heteroatoms. The van der Waals surface area contributed by atoms with Crippen LogP contribution in [-0.2, 0) is 4.79 Å². The maximum absolute atomic E-state index is 12.1. The third-order valence-electron chi connectivity index (χ3n) is 4.49. The number of ether oxygens (including phenoxy) is 3. The molecule has 0 spiro atoms. The fraction of sp³-hybridized carbons (Fsp3) is 0.300. The van der Waals surface area contributed by atoms with E-state index in [0.717, 1.165) is 16.8 Å². The van der Waals surface area contributed by atoms with Gasteiger partial charge in [-0.3, -0.25) is 4.79 Å². The van der Waals surface area contributed by atoms with Crippen LogP contribution in [0.2, 0.25) is 0 Å². The molecule has 1 aliphatic rings. The third kappa shape index (κ3) is 3.53. The quantitative estimate of drug-likeness (QED) is 0.875. The van der Waals surface area contributed by atoms with E-state index in [1.165, 1.54) is 11.9 Å². The highest BCUT2D eigenvalue weighted by Crippen LogP contribution is 2.41. The van der Waals surface area contributed by atoms with Crippen LogP contribution in [-0.4, -0.2) is 43.1 Å². The fourth-order valence-electron chi connectivity index (χ4n) is 3.21. The van der Waals surface area contributed by atoms with Gasteiger partial charge in [0, 0.05) is 18.9 Å². The van der Waals surface area contributed by atoms with Crippen LogP contribution in [0.4, 0.5) is 0 Å². The first kappa shape index (κ1) is 18.6. The second-order valence-electron chi connectivity index (χ2n) is 6.14. The Morgan fingerprint density at radius 1 is 1.11 bits per heavy atom. The first-order chi connectivity index (χ1) is 13.0. The predicted molar refractivity (Wildman–Crippen MR) is 101 cm³/mol. The van der Waals surface area contributed by atoms with Crippen LogP contribution in [0, 0.1) is 0 Å². The number of hydrogen-bond donors (Lipinski definition) is 1. The van der Waals surface area contributed by atoms with Gasteiger partial charge in [-0.15, -0.1) is 0 Å². The van der Waals surface area contributed by atoms with E-state index in [2.05, 4.69) is 5.10 Å². The van der Waals surface area contributed by atoms with Crippen LogP contribution in [0.15, 0.2) is 41.5 Å². The first-order valence-corrected chi connectivity index (χ1v) is 8.45. The molecule has 1 N–H and O–H groups in total. The zero-order valence-electron chi connectivity index (χ0n) is 15.7. The summed E-state index contributed by atoms with van der Waals surface area (Å²) in [4.78, 5) is 12.1. The van der Waals surface area contributed by atoms with Crippen molar-refractivity contribution in [2.75, 3.05) is 21.3 Å². The van der Waals surface area contributed by atoms with Gasteiger partial charge >= 0.3 is 0 Å². The molecule has 7 nitrogen and oxygen atoms in total. The Hall–Kier alpha value is -3.22. The molecule has 0 bridgehead atoms. The largest absolute Gasteiger partial charge is 0.508 e. The number of hydrazone groups is 1. The highest BCUT2D eigenvalue weighted by atomic mass is 16.5. The lowest BCUT2D eigenvalue weighted by molar-refractivity contribution is -0.130. The van der Waals surface area contributed by atoms with Crippen LogP contribution in [0.3, 0.4) is 0 Å². The summed E-state index contributed by atoms with van der Waals surface area (Å²) in [6.45, 7) is 1.47. The molecule has 1 unspecified atom stereocenters. The van der Waals surface area contributed by atoms with Crippen molar-refractivity contribution in [1.29, 1.82) is 0 Å². The maximum atomic E-state index is 12.1. The molecule has 0 fully saturated rings. The molecule has 0 aliphatic carbocycles. The summed E-state index contributed by atoms with van der Waals surface area (Å²) in [5.74, 6) is 1.51. The Kier molecular flexibility index (Phi) is 5.21. The van der Waals surface area contributed by atoms with Crippen molar-refractivity contribution < 1.29 is 24.1 Å². The molecule has 27 heavy (non-hydrogen) atoms. The highest BCUT2D eigenvalue weighted by molar-refractivity contribution is 6.04. The van der Waals surface area contributed by atoms with Crippen molar-refractivity contribution >= 4 is 11.6 Å². The van der Waals surface area contributed by atoms with Crippen LogP contribution >= 0.6 is 0 Å². The van der Waals surface area contributed by atoms with Crippen molar-refractivity contribution in [2.24, 2.45) is 5.10 Å². The van der Waals surface area contributed by atoms with Crippen LogP contribution in [0.25, 0.3) is 0 Å². The molecule has 1 amide bonds. The maximum Gasteiger partial charge on any atom is 0.240 e. The molecule has 2 aromatic carbocycles. The van der Waals surface area contributed by atoms with E-state index in [4.69, 9.17) is 14.2 Å². The van der Waals surface area contributed by atoms with Crippen LogP contribution in [0.1, 0.15) is 30.5 Å². The highest BCUT2D eigenvalue weighted by Gasteiger charge is 2.32. The van der Waals surface area contributed by atoms with Gasteiger partial charge in [0.25, 0.3) is 0 Å². The minimum atomic E-state index is -0.288. The molecule has 0 saturated heterocycles. The van der Waals surface area contributed by atoms with Gasteiger partial charge in [-0.25, -0.2) is 5.01 Å². The number of phenolic OH excluding ortho intramolecular Hbond substituents is 1. The van der Waals surface area contributed by atoms with Crippen molar-refractivity contribution in [3.8, 4) is 23.0 Å². The Bertz CT molecular complexity index is 869. The van der Waals surface area contributed by atoms with Crippen molar-refractivity contribution in [1.82, 2.24) is 5.01 Å². The summed E-state index contributed by atoms with van der Waals surface area (Å²) in [7, 11) is 4.65. The molecule has 0 radical (unpaired) electrons. The first-order valence-electron chi connectivity index (χ1n) is 8.45. The number of methoxy groups -OCH3 is 3. The van der Waals surface area contributed by atoms with E-state index >= 15 is 0 Å². The minimum absolute atomic E-state index is 0.150. The lowest BCUT2D eigenvalue weighted by atomic mass is 9.97. The van der Waals surface area contributed by atoms with Crippen LogP contribution in [0.5, 0.6) is 23.0 Å². The molecular formula is C20H22N2O5. The average molecular weight is 370 g/mol. The average Bonchev–Trinajstić information content (AvgIpc) is 3.12. The number of carbonyl (C=O) groups is 1. The summed E-state index contributed by atoms with van der Waals surface area (Å²) in [5, 5.41) is 15.7. The van der Waals surface area contributed by atoms with Gasteiger partial charge in [-0.05, 0) is 29.8 Å². The smallest absolute Gasteiger partial charge is 0.240 e. The molecule has 3 rings (SSSR count). The van der Waals surface area contributed by atoms with Gasteiger partial charge in [0.2, 0.25) is 11.7 Å². The SMILES string of the molecule is COc1cc(C2=NN(C(C)=O)C(c3cccc(O)c3)C2)cc(OC)c1OC. The number of benzene rings is 2. The van der Waals surface area contributed by atoms with Crippen molar-refractivity contribution in [3.05, 3.63) is 47.5 Å². The molecule has 1 atom stereocenters. The number of phenols is 1. The second kappa shape index (κ2) is 7.57. The van der Waals surface area contributed by atoms with E-state index < -0.39 is 0 Å². The van der Waals surface area contributed by atoms with Gasteiger partial charge in [0.15, 0.2) is 11.5 Å². The molecule has 1 aliphatic heterocycles. The predicted octanol–water partition coefficient (Wildman–Crippen LogP) is 3.12. The van der Waals surface area contributed by atoms with Gasteiger partial charge in [0.05, 0.1) is 33.1 Å². The number of rotatable bonds is 5. The Labute approximate surface area is 157 Å². The summed E-state index contributed by atoms with van der Waals surface area (Å²) in [5.41, 5.74) is 2.31. The van der Waals surface area contributed by atoms with Gasteiger partial charge in [-0.2, -0.15) is 5.10 Å². The van der Waals surface area contributed by atoms with Crippen molar-refractivity contribution in [2.45, 2.75) is 19.4 Å². The molecule has 1 heterocycles. The van der Waals surface area contributed by atoms with Crippen LogP contribution < -0.4 is 14.2 Å². The molecule has 0 aromatic heterocycles. The fourth-order valence-corrected chi connectivity index (χ4v) is 3.21. The minimum Gasteiger partial charge on any atom is -0.508 e. The lowest BCUT2D eigenvalue weighted by Gasteiger charge is -2.20. The molecule has 2 aromatic rings. The lowest BCUT2D eigenvalue weighted by Crippen LogP contribution is -2.24. The summed E-state index contributed by atoms with van der Waals surface area (Å²) in [6.07, 6.45) is 0.502. The standard InChI is InChI=1S/C20H22N2O5/c1-12(23)22-17(13-6-5-7-15(24)8-13)11-16(21-22)14-9-18(25-2)20(27-4)19(10-14)26-3/h5-10,17,24H,11H2,1-4H3. The van der Waals surface area contributed by atoms with E-state index in [1.54, 1.807) is 39.5 Å².